The van der Waals surface area contributed by atoms with Crippen LogP contribution in [0.4, 0.5) is 5.69 Å². The molecule has 0 saturated carbocycles. The zero-order valence-corrected chi connectivity index (χ0v) is 14.1. The summed E-state index contributed by atoms with van der Waals surface area (Å²) in [5, 5.41) is 8.64. The number of rotatable bonds is 4. The number of ether oxygens (including phenoxy) is 1. The van der Waals surface area contributed by atoms with E-state index in [9.17, 15) is 0 Å². The number of hydrogen-bond acceptors (Lipinski definition) is 5. The number of methoxy groups -OCH3 is 1. The van der Waals surface area contributed by atoms with Crippen molar-refractivity contribution < 1.29 is 9.26 Å². The molecule has 0 radical (unpaired) electrons. The van der Waals surface area contributed by atoms with Crippen molar-refractivity contribution in [3.8, 4) is 5.75 Å². The molecule has 5 nitrogen and oxygen atoms in total. The highest BCUT2D eigenvalue weighted by molar-refractivity contribution is 5.95. The minimum Gasteiger partial charge on any atom is -0.494 e. The standard InChI is InChI=1S/C18H21N3O2/c1-10-9-15(14-7-6-8-16(22-5)18(14)19-10)20-11(2)17-12(3)21-23-13(17)4/h6-9,11H,1-5H3,(H,19,20). The molecule has 23 heavy (non-hydrogen) atoms. The summed E-state index contributed by atoms with van der Waals surface area (Å²) < 4.78 is 10.7. The first-order chi connectivity index (χ1) is 11.0. The Kier molecular flexibility index (Phi) is 3.94. The quantitative estimate of drug-likeness (QED) is 0.777. The summed E-state index contributed by atoms with van der Waals surface area (Å²) in [6.45, 7) is 7.99. The van der Waals surface area contributed by atoms with Crippen molar-refractivity contribution in [2.45, 2.75) is 33.7 Å². The van der Waals surface area contributed by atoms with Gasteiger partial charge in [0.1, 0.15) is 17.0 Å². The van der Waals surface area contributed by atoms with Crippen molar-refractivity contribution in [1.82, 2.24) is 10.1 Å². The maximum atomic E-state index is 5.44. The van der Waals surface area contributed by atoms with E-state index in [0.717, 1.165) is 45.1 Å². The lowest BCUT2D eigenvalue weighted by atomic mass is 10.1. The molecule has 0 amide bonds. The van der Waals surface area contributed by atoms with Gasteiger partial charge in [-0.2, -0.15) is 0 Å². The van der Waals surface area contributed by atoms with Crippen molar-refractivity contribution in [3.63, 3.8) is 0 Å². The number of hydrogen-bond donors (Lipinski definition) is 1. The summed E-state index contributed by atoms with van der Waals surface area (Å²) in [4.78, 5) is 4.62. The Morgan fingerprint density at radius 2 is 2.00 bits per heavy atom. The summed E-state index contributed by atoms with van der Waals surface area (Å²) in [6, 6.07) is 8.08. The van der Waals surface area contributed by atoms with E-state index in [1.807, 2.05) is 39.0 Å². The maximum Gasteiger partial charge on any atom is 0.145 e. The van der Waals surface area contributed by atoms with E-state index >= 15 is 0 Å². The zero-order chi connectivity index (χ0) is 16.6. The van der Waals surface area contributed by atoms with E-state index < -0.39 is 0 Å². The third-order valence-corrected chi connectivity index (χ3v) is 4.04. The predicted octanol–water partition coefficient (Wildman–Crippen LogP) is 4.33. The molecule has 0 aliphatic rings. The second kappa shape index (κ2) is 5.91. The molecule has 2 heterocycles. The lowest BCUT2D eigenvalue weighted by molar-refractivity contribution is 0.392. The Bertz CT molecular complexity index is 835. The van der Waals surface area contributed by atoms with E-state index in [0.29, 0.717) is 0 Å². The zero-order valence-electron chi connectivity index (χ0n) is 14.1. The molecule has 5 heteroatoms. The van der Waals surface area contributed by atoms with Gasteiger partial charge >= 0.3 is 0 Å². The van der Waals surface area contributed by atoms with Crippen LogP contribution < -0.4 is 10.1 Å². The first-order valence-corrected chi connectivity index (χ1v) is 7.65. The minimum atomic E-state index is 0.0810. The molecule has 0 fully saturated rings. The second-order valence-corrected chi connectivity index (χ2v) is 5.77. The number of aromatic nitrogens is 2. The van der Waals surface area contributed by atoms with Crippen molar-refractivity contribution in [1.29, 1.82) is 0 Å². The fourth-order valence-electron chi connectivity index (χ4n) is 3.05. The minimum absolute atomic E-state index is 0.0810. The van der Waals surface area contributed by atoms with Gasteiger partial charge in [0.15, 0.2) is 0 Å². The van der Waals surface area contributed by atoms with Gasteiger partial charge in [0, 0.05) is 22.3 Å². The number of benzene rings is 1. The number of anilines is 1. The van der Waals surface area contributed by atoms with Gasteiger partial charge < -0.3 is 14.6 Å². The Balaban J connectivity index is 2.06. The molecule has 0 spiro atoms. The van der Waals surface area contributed by atoms with Gasteiger partial charge in [-0.25, -0.2) is 4.98 Å². The van der Waals surface area contributed by atoms with Crippen LogP contribution in [0, 0.1) is 20.8 Å². The first kappa shape index (κ1) is 15.3. The number of fused-ring (bicyclic) bond motifs is 1. The fourth-order valence-corrected chi connectivity index (χ4v) is 3.05. The van der Waals surface area contributed by atoms with Crippen LogP contribution in [-0.2, 0) is 0 Å². The number of pyridine rings is 1. The van der Waals surface area contributed by atoms with Gasteiger partial charge in [0.25, 0.3) is 0 Å². The highest BCUT2D eigenvalue weighted by Crippen LogP contribution is 2.33. The maximum absolute atomic E-state index is 5.44. The molecule has 0 aliphatic heterocycles. The molecule has 0 saturated heterocycles. The Morgan fingerprint density at radius 3 is 2.65 bits per heavy atom. The highest BCUT2D eigenvalue weighted by Gasteiger charge is 2.18. The summed E-state index contributed by atoms with van der Waals surface area (Å²) in [7, 11) is 1.67. The van der Waals surface area contributed by atoms with E-state index in [4.69, 9.17) is 9.26 Å². The molecule has 3 aromatic rings. The van der Waals surface area contributed by atoms with Crippen molar-refractivity contribution in [3.05, 3.63) is 47.0 Å². The molecule has 0 bridgehead atoms. The van der Waals surface area contributed by atoms with Crippen LogP contribution in [0.15, 0.2) is 28.8 Å². The molecule has 1 N–H and O–H groups in total. The fraction of sp³-hybridized carbons (Fsp3) is 0.333. The number of aryl methyl sites for hydroxylation is 3. The van der Waals surface area contributed by atoms with Gasteiger partial charge in [0.05, 0.1) is 18.8 Å². The molecule has 2 aromatic heterocycles. The largest absolute Gasteiger partial charge is 0.494 e. The highest BCUT2D eigenvalue weighted by atomic mass is 16.5. The van der Waals surface area contributed by atoms with E-state index in [1.54, 1.807) is 7.11 Å². The summed E-state index contributed by atoms with van der Waals surface area (Å²) in [5.41, 5.74) is 4.84. The Morgan fingerprint density at radius 1 is 1.22 bits per heavy atom. The molecule has 0 aliphatic carbocycles. The van der Waals surface area contributed by atoms with Crippen LogP contribution >= 0.6 is 0 Å². The SMILES string of the molecule is COc1cccc2c(NC(C)c3c(C)noc3C)cc(C)nc12. The van der Waals surface area contributed by atoms with Crippen LogP contribution in [0.1, 0.15) is 35.7 Å². The van der Waals surface area contributed by atoms with Crippen LogP contribution in [0.3, 0.4) is 0 Å². The lowest BCUT2D eigenvalue weighted by Crippen LogP contribution is -2.09. The van der Waals surface area contributed by atoms with Crippen molar-refractivity contribution in [2.75, 3.05) is 12.4 Å². The molecular weight excluding hydrogens is 290 g/mol. The van der Waals surface area contributed by atoms with E-state index in [-0.39, 0.29) is 6.04 Å². The average Bonchev–Trinajstić information content (AvgIpc) is 2.85. The normalized spacial score (nSPS) is 12.4. The second-order valence-electron chi connectivity index (χ2n) is 5.77. The molecule has 1 aromatic carbocycles. The van der Waals surface area contributed by atoms with Crippen LogP contribution in [0.2, 0.25) is 0 Å². The van der Waals surface area contributed by atoms with Crippen LogP contribution in [0.25, 0.3) is 10.9 Å². The number of nitrogens with one attached hydrogen (secondary N) is 1. The third-order valence-electron chi connectivity index (χ3n) is 4.04. The van der Waals surface area contributed by atoms with Gasteiger partial charge in [0.2, 0.25) is 0 Å². The molecule has 3 rings (SSSR count). The molecule has 120 valence electrons. The topological polar surface area (TPSA) is 60.2 Å². The molecular formula is C18H21N3O2. The predicted molar refractivity (Wildman–Crippen MR) is 91.0 cm³/mol. The van der Waals surface area contributed by atoms with Crippen LogP contribution in [0.5, 0.6) is 5.75 Å². The monoisotopic (exact) mass is 311 g/mol. The Hall–Kier alpha value is -2.56. The Labute approximate surface area is 135 Å². The number of nitrogens with zero attached hydrogens (tertiary/aromatic N) is 2. The summed E-state index contributed by atoms with van der Waals surface area (Å²) in [6.07, 6.45) is 0. The average molecular weight is 311 g/mol. The summed E-state index contributed by atoms with van der Waals surface area (Å²) >= 11 is 0. The van der Waals surface area contributed by atoms with Gasteiger partial charge in [-0.15, -0.1) is 0 Å². The lowest BCUT2D eigenvalue weighted by Gasteiger charge is -2.18. The van der Waals surface area contributed by atoms with E-state index in [1.165, 1.54) is 0 Å². The smallest absolute Gasteiger partial charge is 0.145 e. The van der Waals surface area contributed by atoms with Gasteiger partial charge in [-0.1, -0.05) is 17.3 Å². The van der Waals surface area contributed by atoms with Crippen molar-refractivity contribution >= 4 is 16.6 Å². The summed E-state index contributed by atoms with van der Waals surface area (Å²) in [5.74, 6) is 1.62. The van der Waals surface area contributed by atoms with Crippen molar-refractivity contribution in [2.24, 2.45) is 0 Å². The first-order valence-electron chi connectivity index (χ1n) is 7.65. The number of para-hydroxylation sites is 1. The van der Waals surface area contributed by atoms with Crippen LogP contribution in [-0.4, -0.2) is 17.3 Å². The molecule has 1 atom stereocenters. The van der Waals surface area contributed by atoms with Gasteiger partial charge in [-0.3, -0.25) is 0 Å². The van der Waals surface area contributed by atoms with Gasteiger partial charge in [-0.05, 0) is 39.8 Å². The molecule has 1 unspecified atom stereocenters. The third kappa shape index (κ3) is 2.74. The van der Waals surface area contributed by atoms with E-state index in [2.05, 4.69) is 28.4 Å².